The Morgan fingerprint density at radius 1 is 0.430 bits per heavy atom. The molecule has 6 atom stereocenters. The van der Waals surface area contributed by atoms with Gasteiger partial charge < -0.3 is 57.6 Å². The number of pyridine rings is 3. The maximum atomic E-state index is 12.7. The van der Waals surface area contributed by atoms with Crippen LogP contribution in [0.25, 0.3) is 34.9 Å². The van der Waals surface area contributed by atoms with Gasteiger partial charge in [-0.2, -0.15) is 0 Å². The van der Waals surface area contributed by atoms with E-state index in [2.05, 4.69) is 47.9 Å². The van der Waals surface area contributed by atoms with Crippen molar-refractivity contribution in [1.29, 1.82) is 0 Å². The number of imidazole rings is 3. The number of epoxide rings is 1. The molecule has 6 aromatic heterocycles. The lowest BCUT2D eigenvalue weighted by molar-refractivity contribution is 0.0108. The Bertz CT molecular complexity index is 4700. The van der Waals surface area contributed by atoms with E-state index >= 15 is 0 Å². The molecule has 27 heteroatoms. The summed E-state index contributed by atoms with van der Waals surface area (Å²) in [5, 5.41) is 25.7. The first-order valence-corrected chi connectivity index (χ1v) is 39.8. The number of carbonyl (C=O) groups is 3. The molecular formula is C87H100Cl3N15O9. The van der Waals surface area contributed by atoms with Crippen LogP contribution in [0, 0.1) is 0 Å². The number of amides is 3. The highest BCUT2D eigenvalue weighted by atomic mass is 35.5. The fourth-order valence-corrected chi connectivity index (χ4v) is 16.5. The maximum Gasteiger partial charge on any atom is 0.410 e. The summed E-state index contributed by atoms with van der Waals surface area (Å²) in [5.41, 5.74) is 11.0. The SMILES string of the molecule is Cn1cnc(C(C)(O)C2=Cc3cccnc3[C@@H](N3CCN(C(=O)OC(C)(C)C)CC3)c3ccc(Cl)cc32)c1.Cn1cnc(C(C)(O)C2=Cc3cccnc3[C@@H](N3CCN(C(=O)OC(C)(C)C)CC3)c3ccc(Cl)cc32)c1.Cn1cnc(C2(C3=Cc4cccnc4[C@@H](N4CCN(C(=O)OC(C)(C)C)CC4)c4ccc(Cl)cc43)CO2)c1. The molecular weight excluding hydrogens is 1510 g/mol. The molecule has 0 saturated carbocycles. The minimum absolute atomic E-state index is 0.104. The van der Waals surface area contributed by atoms with Gasteiger partial charge in [-0.1, -0.05) is 71.2 Å². The smallest absolute Gasteiger partial charge is 0.410 e. The molecule has 9 aromatic rings. The number of rotatable bonds is 9. The molecule has 10 heterocycles. The number of aromatic nitrogens is 9. The normalized spacial score (nSPS) is 20.8. The van der Waals surface area contributed by atoms with E-state index in [4.69, 9.17) is 68.7 Å². The second-order valence-corrected chi connectivity index (χ2v) is 34.9. The Labute approximate surface area is 681 Å². The van der Waals surface area contributed by atoms with Crippen molar-refractivity contribution in [1.82, 2.24) is 73.0 Å². The molecule has 24 nitrogen and oxygen atoms in total. The number of halogens is 3. The molecule has 16 rings (SSSR count). The van der Waals surface area contributed by atoms with E-state index in [1.165, 1.54) is 0 Å². The number of aliphatic hydroxyl groups is 2. The second-order valence-electron chi connectivity index (χ2n) is 33.6. The largest absolute Gasteiger partial charge is 0.444 e. The van der Waals surface area contributed by atoms with Gasteiger partial charge >= 0.3 is 18.3 Å². The number of piperazine rings is 3. The van der Waals surface area contributed by atoms with E-state index in [1.807, 2.05) is 213 Å². The molecule has 3 aliphatic carbocycles. The van der Waals surface area contributed by atoms with Gasteiger partial charge in [-0.05, 0) is 210 Å². The number of ether oxygens (including phenoxy) is 4. The van der Waals surface area contributed by atoms with Crippen molar-refractivity contribution < 1.29 is 43.5 Å². The Kier molecular flexibility index (Phi) is 22.7. The van der Waals surface area contributed by atoms with Gasteiger partial charge in [0, 0.05) is 158 Å². The van der Waals surface area contributed by atoms with Crippen LogP contribution in [0.2, 0.25) is 15.1 Å². The Morgan fingerprint density at radius 2 is 0.746 bits per heavy atom. The zero-order valence-electron chi connectivity index (χ0n) is 67.1. The summed E-state index contributed by atoms with van der Waals surface area (Å²) in [6.07, 6.45) is 21.6. The maximum absolute atomic E-state index is 12.7. The van der Waals surface area contributed by atoms with Crippen LogP contribution in [0.4, 0.5) is 14.4 Å². The van der Waals surface area contributed by atoms with Gasteiger partial charge in [0.2, 0.25) is 0 Å². The molecule has 3 unspecified atom stereocenters. The van der Waals surface area contributed by atoms with E-state index < -0.39 is 33.6 Å². The van der Waals surface area contributed by atoms with Gasteiger partial charge in [0.25, 0.3) is 0 Å². The molecule has 7 aliphatic rings. The van der Waals surface area contributed by atoms with Crippen LogP contribution in [0.15, 0.2) is 147 Å². The van der Waals surface area contributed by atoms with Crippen LogP contribution >= 0.6 is 34.8 Å². The third-order valence-corrected chi connectivity index (χ3v) is 22.2. The Balaban J connectivity index is 0.000000141. The molecule has 598 valence electrons. The first-order valence-electron chi connectivity index (χ1n) is 38.6. The highest BCUT2D eigenvalue weighted by Gasteiger charge is 2.54. The standard InChI is InChI=1S/C29H32ClN5O3.2C29H34ClN5O3/c1-28(2,3)38-27(36)35-12-10-34(11-13-35)26-21-8-7-20(30)15-22(21)23(14-19-6-5-9-31-25(19)26)29(17-37-29)24-16-33(4)18-32-24;2*1-28(2,3)38-27(36)35-13-11-34(12-14-35)26-21-9-8-20(30)16-22(21)23(15-19-7-6-10-31-25(19)26)29(4,37)24-17-33(5)18-32-24/h5-9,14-16,18,26H,10-13,17H2,1-4H3;2*6-10,15-18,26,37H,11-14H2,1-5H3/t3*26-,29?/m000/s1. The molecule has 3 amide bonds. The first kappa shape index (κ1) is 81.0. The predicted molar refractivity (Wildman–Crippen MR) is 441 cm³/mol. The van der Waals surface area contributed by atoms with Crippen molar-refractivity contribution >= 4 is 88.0 Å². The number of hydrogen-bond donors (Lipinski definition) is 2. The van der Waals surface area contributed by atoms with Gasteiger partial charge in [0.1, 0.15) is 28.0 Å². The summed E-state index contributed by atoms with van der Waals surface area (Å²) in [6, 6.07) is 29.2. The van der Waals surface area contributed by atoms with Gasteiger partial charge in [0.15, 0.2) is 5.60 Å². The van der Waals surface area contributed by atoms with Crippen LogP contribution in [-0.2, 0) is 56.9 Å². The topological polar surface area (TPSA) is 243 Å². The lowest BCUT2D eigenvalue weighted by Gasteiger charge is -2.40. The fraction of sp³-hybridized carbons (Fsp3) is 0.414. The van der Waals surface area contributed by atoms with E-state index in [0.717, 1.165) is 78.4 Å². The average molecular weight is 1610 g/mol. The number of benzene rings is 3. The van der Waals surface area contributed by atoms with Crippen LogP contribution < -0.4 is 0 Å². The van der Waals surface area contributed by atoms with Crippen molar-refractivity contribution in [3.05, 3.63) is 246 Å². The summed E-state index contributed by atoms with van der Waals surface area (Å²) in [7, 11) is 5.72. The lowest BCUT2D eigenvalue weighted by Crippen LogP contribution is -2.51. The minimum Gasteiger partial charge on any atom is -0.444 e. The Morgan fingerprint density at radius 3 is 1.05 bits per heavy atom. The van der Waals surface area contributed by atoms with Crippen molar-refractivity contribution in [3.63, 3.8) is 0 Å². The molecule has 4 saturated heterocycles. The Hall–Kier alpha value is -9.60. The molecule has 0 bridgehead atoms. The highest BCUT2D eigenvalue weighted by Crippen LogP contribution is 2.55. The van der Waals surface area contributed by atoms with Crippen LogP contribution in [0.1, 0.15) is 179 Å². The summed E-state index contributed by atoms with van der Waals surface area (Å²) < 4.78 is 28.6. The quantitative estimate of drug-likeness (QED) is 0.101. The molecule has 4 fully saturated rings. The monoisotopic (exact) mass is 1600 g/mol. The van der Waals surface area contributed by atoms with Crippen molar-refractivity contribution in [2.24, 2.45) is 21.1 Å². The summed E-state index contributed by atoms with van der Waals surface area (Å²) in [4.78, 5) is 78.6. The molecule has 0 spiro atoms. The minimum atomic E-state index is -1.38. The van der Waals surface area contributed by atoms with Gasteiger partial charge in [-0.25, -0.2) is 29.3 Å². The van der Waals surface area contributed by atoms with Crippen molar-refractivity contribution in [2.75, 3.05) is 85.1 Å². The summed E-state index contributed by atoms with van der Waals surface area (Å²) in [5.74, 6) is 0. The second kappa shape index (κ2) is 31.9. The van der Waals surface area contributed by atoms with Crippen molar-refractivity contribution in [2.45, 2.75) is 128 Å². The van der Waals surface area contributed by atoms with Crippen molar-refractivity contribution in [3.8, 4) is 0 Å². The van der Waals surface area contributed by atoms with E-state index in [0.29, 0.717) is 123 Å². The molecule has 114 heavy (non-hydrogen) atoms. The number of hydrogen-bond acceptors (Lipinski definition) is 18. The lowest BCUT2D eigenvalue weighted by atomic mass is 9.84. The number of fused-ring (bicyclic) bond motifs is 6. The average Bonchev–Trinajstić information content (AvgIpc) is 1.55. The fourth-order valence-electron chi connectivity index (χ4n) is 15.9. The first-order chi connectivity index (χ1) is 54.0. The number of nitrogens with zero attached hydrogens (tertiary/aromatic N) is 15. The molecule has 2 N–H and O–H groups in total. The zero-order chi connectivity index (χ0) is 81.1. The summed E-state index contributed by atoms with van der Waals surface area (Å²) >= 11 is 19.7. The highest BCUT2D eigenvalue weighted by molar-refractivity contribution is 6.31. The molecule has 3 aromatic carbocycles. The molecule has 0 radical (unpaired) electrons. The van der Waals surface area contributed by atoms with E-state index in [9.17, 15) is 24.6 Å². The third-order valence-electron chi connectivity index (χ3n) is 21.5. The third kappa shape index (κ3) is 17.2. The van der Waals surface area contributed by atoms with Crippen LogP contribution in [0.5, 0.6) is 0 Å². The van der Waals surface area contributed by atoms with Crippen LogP contribution in [0.3, 0.4) is 0 Å². The van der Waals surface area contributed by atoms with E-state index in [1.54, 1.807) is 59.9 Å². The molecule has 4 aliphatic heterocycles. The van der Waals surface area contributed by atoms with Crippen LogP contribution in [-0.4, -0.2) is 203 Å². The number of carbonyl (C=O) groups excluding carboxylic acids is 3. The number of aryl methyl sites for hydroxylation is 3. The predicted octanol–water partition coefficient (Wildman–Crippen LogP) is 14.6. The van der Waals surface area contributed by atoms with E-state index in [-0.39, 0.29) is 36.4 Å². The van der Waals surface area contributed by atoms with Gasteiger partial charge in [0.05, 0.1) is 77.9 Å². The summed E-state index contributed by atoms with van der Waals surface area (Å²) in [6.45, 7) is 28.3. The zero-order valence-corrected chi connectivity index (χ0v) is 69.4. The van der Waals surface area contributed by atoms with Gasteiger partial charge in [-0.15, -0.1) is 0 Å². The van der Waals surface area contributed by atoms with Gasteiger partial charge in [-0.3, -0.25) is 29.7 Å².